The molecule has 2 aromatic heterocycles. The third kappa shape index (κ3) is 4.40. The summed E-state index contributed by atoms with van der Waals surface area (Å²) >= 11 is 1.23. The minimum absolute atomic E-state index is 0.126. The van der Waals surface area contributed by atoms with Crippen LogP contribution in [0, 0.1) is 11.6 Å². The van der Waals surface area contributed by atoms with E-state index < -0.39 is 11.6 Å². The van der Waals surface area contributed by atoms with Crippen LogP contribution in [0.3, 0.4) is 0 Å². The maximum absolute atomic E-state index is 13.5. The van der Waals surface area contributed by atoms with Crippen LogP contribution in [0.1, 0.15) is 26.4 Å². The predicted octanol–water partition coefficient (Wildman–Crippen LogP) is 3.93. The lowest BCUT2D eigenvalue weighted by atomic mass is 10.1. The number of amides is 3. The molecule has 1 aromatic carbocycles. The third-order valence-corrected chi connectivity index (χ3v) is 6.31. The molecule has 0 atom stereocenters. The number of pyridine rings is 1. The first-order valence-electron chi connectivity index (χ1n) is 9.72. The van der Waals surface area contributed by atoms with Crippen molar-refractivity contribution in [2.75, 3.05) is 19.1 Å². The molecule has 1 aliphatic rings. The molecule has 0 radical (unpaired) electrons. The largest absolute Gasteiger partial charge is 0.481 e. The molecule has 0 fully saturated rings. The molecule has 0 saturated carbocycles. The zero-order valence-electron chi connectivity index (χ0n) is 17.4. The van der Waals surface area contributed by atoms with E-state index >= 15 is 0 Å². The summed E-state index contributed by atoms with van der Waals surface area (Å²) in [5.41, 5.74) is 2.14. The second kappa shape index (κ2) is 8.91. The summed E-state index contributed by atoms with van der Waals surface area (Å²) in [6, 6.07) is 8.57. The lowest BCUT2D eigenvalue weighted by molar-refractivity contribution is 0.0955. The second-order valence-corrected chi connectivity index (χ2v) is 8.31. The molecule has 32 heavy (non-hydrogen) atoms. The molecule has 1 aliphatic heterocycles. The van der Waals surface area contributed by atoms with Crippen molar-refractivity contribution >= 4 is 28.3 Å². The Labute approximate surface area is 187 Å². The SMILES string of the molecule is COc1cc(CNC(=O)c2cc3c(s2)N(C)C(=O)N(Cc2ccc(F)c(F)c2)C3)ccn1. The van der Waals surface area contributed by atoms with Crippen LogP contribution in [0.5, 0.6) is 5.88 Å². The number of halogens is 2. The molecule has 7 nitrogen and oxygen atoms in total. The Morgan fingerprint density at radius 2 is 2.00 bits per heavy atom. The minimum Gasteiger partial charge on any atom is -0.481 e. The van der Waals surface area contributed by atoms with Crippen LogP contribution in [0.2, 0.25) is 0 Å². The highest BCUT2D eigenvalue weighted by Gasteiger charge is 2.31. The number of nitrogens with one attached hydrogen (secondary N) is 1. The molecule has 166 valence electrons. The van der Waals surface area contributed by atoms with E-state index in [-0.39, 0.29) is 25.0 Å². The van der Waals surface area contributed by atoms with Crippen molar-refractivity contribution in [2.24, 2.45) is 0 Å². The van der Waals surface area contributed by atoms with Crippen LogP contribution in [0.4, 0.5) is 18.6 Å². The molecule has 3 amide bonds. The Hall–Kier alpha value is -3.53. The number of hydrogen-bond acceptors (Lipinski definition) is 5. The van der Waals surface area contributed by atoms with E-state index in [1.807, 2.05) is 0 Å². The van der Waals surface area contributed by atoms with Crippen molar-refractivity contribution in [2.45, 2.75) is 19.6 Å². The van der Waals surface area contributed by atoms with Gasteiger partial charge in [-0.3, -0.25) is 9.69 Å². The summed E-state index contributed by atoms with van der Waals surface area (Å²) < 4.78 is 31.8. The summed E-state index contributed by atoms with van der Waals surface area (Å²) in [7, 11) is 3.15. The quantitative estimate of drug-likeness (QED) is 0.607. The van der Waals surface area contributed by atoms with Crippen molar-refractivity contribution in [3.63, 3.8) is 0 Å². The summed E-state index contributed by atoms with van der Waals surface area (Å²) in [4.78, 5) is 32.9. The number of aromatic nitrogens is 1. The van der Waals surface area contributed by atoms with Crippen molar-refractivity contribution in [1.82, 2.24) is 15.2 Å². The first-order chi connectivity index (χ1) is 15.4. The van der Waals surface area contributed by atoms with Crippen molar-refractivity contribution in [3.8, 4) is 5.88 Å². The first kappa shape index (κ1) is 21.7. The molecule has 0 aliphatic carbocycles. The van der Waals surface area contributed by atoms with Crippen LogP contribution in [0.15, 0.2) is 42.6 Å². The van der Waals surface area contributed by atoms with E-state index in [9.17, 15) is 18.4 Å². The molecule has 0 bridgehead atoms. The molecular weight excluding hydrogens is 438 g/mol. The van der Waals surface area contributed by atoms with Crippen molar-refractivity contribution < 1.29 is 23.1 Å². The fraction of sp³-hybridized carbons (Fsp3) is 0.227. The number of carbonyl (C=O) groups is 2. The molecular formula is C22H20F2N4O3S. The van der Waals surface area contributed by atoms with E-state index in [1.165, 1.54) is 34.3 Å². The smallest absolute Gasteiger partial charge is 0.325 e. The Bertz CT molecular complexity index is 1180. The van der Waals surface area contributed by atoms with Gasteiger partial charge in [-0.25, -0.2) is 18.6 Å². The summed E-state index contributed by atoms with van der Waals surface area (Å²) in [6.07, 6.45) is 1.60. The molecule has 0 saturated heterocycles. The highest BCUT2D eigenvalue weighted by Crippen LogP contribution is 2.36. The minimum atomic E-state index is -0.956. The maximum Gasteiger partial charge on any atom is 0.325 e. The highest BCUT2D eigenvalue weighted by molar-refractivity contribution is 7.18. The fourth-order valence-corrected chi connectivity index (χ4v) is 4.47. The predicted molar refractivity (Wildman–Crippen MR) is 116 cm³/mol. The number of thiophene rings is 1. The standard InChI is InChI=1S/C22H20F2N4O3S/c1-27-21-15(12-28(22(27)30)11-14-3-4-16(23)17(24)7-14)9-18(32-21)20(29)26-10-13-5-6-25-19(8-13)31-2/h3-9H,10-12H2,1-2H3,(H,26,29). The number of nitrogens with zero attached hydrogens (tertiary/aromatic N) is 3. The number of rotatable bonds is 6. The lowest BCUT2D eigenvalue weighted by Crippen LogP contribution is -2.43. The van der Waals surface area contributed by atoms with Gasteiger partial charge >= 0.3 is 6.03 Å². The van der Waals surface area contributed by atoms with Gasteiger partial charge in [0.1, 0.15) is 5.00 Å². The fourth-order valence-electron chi connectivity index (χ4n) is 3.42. The van der Waals surface area contributed by atoms with E-state index in [2.05, 4.69) is 10.3 Å². The summed E-state index contributed by atoms with van der Waals surface area (Å²) in [5.74, 6) is -1.68. The van der Waals surface area contributed by atoms with Crippen LogP contribution in [0.25, 0.3) is 0 Å². The molecule has 0 spiro atoms. The highest BCUT2D eigenvalue weighted by atomic mass is 32.1. The van der Waals surface area contributed by atoms with Crippen molar-refractivity contribution in [3.05, 3.63) is 75.8 Å². The van der Waals surface area contributed by atoms with Gasteiger partial charge in [-0.15, -0.1) is 11.3 Å². The Kier molecular flexibility index (Phi) is 6.04. The van der Waals surface area contributed by atoms with Crippen LogP contribution < -0.4 is 15.0 Å². The number of methoxy groups -OCH3 is 1. The van der Waals surface area contributed by atoms with E-state index in [1.54, 1.807) is 31.4 Å². The molecule has 0 unspecified atom stereocenters. The molecule has 10 heteroatoms. The summed E-state index contributed by atoms with van der Waals surface area (Å²) in [6.45, 7) is 0.696. The Morgan fingerprint density at radius 3 is 2.75 bits per heavy atom. The van der Waals surface area contributed by atoms with E-state index in [0.717, 1.165) is 23.3 Å². The zero-order valence-corrected chi connectivity index (χ0v) is 18.2. The number of anilines is 1. The van der Waals surface area contributed by atoms with E-state index in [4.69, 9.17) is 4.74 Å². The maximum atomic E-state index is 13.5. The van der Waals surface area contributed by atoms with Gasteiger partial charge in [0.25, 0.3) is 5.91 Å². The number of fused-ring (bicyclic) bond motifs is 1. The third-order valence-electron chi connectivity index (χ3n) is 5.05. The summed E-state index contributed by atoms with van der Waals surface area (Å²) in [5, 5.41) is 3.55. The molecule has 4 rings (SSSR count). The van der Waals surface area contributed by atoms with Gasteiger partial charge in [0.2, 0.25) is 5.88 Å². The van der Waals surface area contributed by atoms with Crippen LogP contribution in [-0.2, 0) is 19.6 Å². The Morgan fingerprint density at radius 1 is 1.19 bits per heavy atom. The first-order valence-corrected chi connectivity index (χ1v) is 10.5. The number of carbonyl (C=O) groups excluding carboxylic acids is 2. The topological polar surface area (TPSA) is 74.8 Å². The number of benzene rings is 1. The number of hydrogen-bond donors (Lipinski definition) is 1. The lowest BCUT2D eigenvalue weighted by Gasteiger charge is -2.33. The molecule has 1 N–H and O–H groups in total. The van der Waals surface area contributed by atoms with Gasteiger partial charge in [0.15, 0.2) is 11.6 Å². The monoisotopic (exact) mass is 458 g/mol. The Balaban J connectivity index is 1.46. The average Bonchev–Trinajstić information content (AvgIpc) is 3.22. The normalized spacial score (nSPS) is 13.2. The van der Waals surface area contributed by atoms with E-state index in [0.29, 0.717) is 27.9 Å². The zero-order chi connectivity index (χ0) is 22.8. The van der Waals surface area contributed by atoms with Gasteiger partial charge in [0, 0.05) is 38.0 Å². The van der Waals surface area contributed by atoms with Crippen molar-refractivity contribution in [1.29, 1.82) is 0 Å². The van der Waals surface area contributed by atoms with Gasteiger partial charge in [-0.05, 0) is 35.4 Å². The average molecular weight is 458 g/mol. The van der Waals surface area contributed by atoms with Gasteiger partial charge in [-0.1, -0.05) is 6.07 Å². The second-order valence-electron chi connectivity index (χ2n) is 7.28. The number of ether oxygens (including phenoxy) is 1. The van der Waals surface area contributed by atoms with Gasteiger partial charge in [0.05, 0.1) is 18.5 Å². The molecule has 3 aromatic rings. The van der Waals surface area contributed by atoms with Gasteiger partial charge < -0.3 is 15.0 Å². The molecule has 3 heterocycles. The van der Waals surface area contributed by atoms with Crippen LogP contribution >= 0.6 is 11.3 Å². The number of urea groups is 1. The van der Waals surface area contributed by atoms with Gasteiger partial charge in [-0.2, -0.15) is 0 Å². The van der Waals surface area contributed by atoms with Crippen LogP contribution in [-0.4, -0.2) is 36.0 Å².